The maximum Gasteiger partial charge on any atom is 0.471 e. The number of carbonyl (C=O) groups excluding carboxylic acids is 2. The minimum absolute atomic E-state index is 0.0155. The number of furan rings is 1. The molecule has 0 radical (unpaired) electrons. The fraction of sp³-hybridized carbons (Fsp3) is 0.368. The molecule has 2 bridgehead atoms. The summed E-state index contributed by atoms with van der Waals surface area (Å²) in [7, 11) is 0. The predicted octanol–water partition coefficient (Wildman–Crippen LogP) is 2.88. The molecule has 9 heteroatoms. The van der Waals surface area contributed by atoms with Gasteiger partial charge in [0.2, 0.25) is 0 Å². The highest BCUT2D eigenvalue weighted by molar-refractivity contribution is 5.95. The van der Waals surface area contributed by atoms with Crippen LogP contribution in [0.5, 0.6) is 0 Å². The Morgan fingerprint density at radius 1 is 1.14 bits per heavy atom. The molecule has 2 saturated heterocycles. The zero-order valence-electron chi connectivity index (χ0n) is 14.8. The van der Waals surface area contributed by atoms with Crippen LogP contribution in [0, 0.1) is 5.92 Å². The highest BCUT2D eigenvalue weighted by Crippen LogP contribution is 2.29. The fourth-order valence-corrected chi connectivity index (χ4v) is 3.75. The minimum Gasteiger partial charge on any atom is -0.451 e. The third kappa shape index (κ3) is 3.75. The van der Waals surface area contributed by atoms with Gasteiger partial charge in [0.15, 0.2) is 5.76 Å². The van der Waals surface area contributed by atoms with E-state index in [9.17, 15) is 22.8 Å². The third-order valence-corrected chi connectivity index (χ3v) is 5.14. The number of alkyl halides is 3. The number of rotatable bonds is 4. The van der Waals surface area contributed by atoms with Gasteiger partial charge in [-0.25, -0.2) is 0 Å². The van der Waals surface area contributed by atoms with Crippen LogP contribution < -0.4 is 10.6 Å². The van der Waals surface area contributed by atoms with Gasteiger partial charge in [-0.15, -0.1) is 0 Å². The summed E-state index contributed by atoms with van der Waals surface area (Å²) in [5.41, 5.74) is 0.434. The Hall–Kier alpha value is -2.81. The first kappa shape index (κ1) is 18.5. The monoisotopic (exact) mass is 393 g/mol. The van der Waals surface area contributed by atoms with Crippen LogP contribution in [-0.2, 0) is 4.79 Å². The summed E-state index contributed by atoms with van der Waals surface area (Å²) in [6.07, 6.45) is -3.90. The lowest BCUT2D eigenvalue weighted by molar-refractivity contribution is -0.167. The molecule has 1 aromatic carbocycles. The summed E-state index contributed by atoms with van der Waals surface area (Å²) in [4.78, 5) is 25.8. The summed E-state index contributed by atoms with van der Waals surface area (Å²) < 4.78 is 42.8. The van der Waals surface area contributed by atoms with Crippen molar-refractivity contribution in [2.75, 3.05) is 25.0 Å². The van der Waals surface area contributed by atoms with E-state index in [2.05, 4.69) is 10.2 Å². The molecular weight excluding hydrogens is 375 g/mol. The molecule has 3 atom stereocenters. The molecule has 2 aromatic rings. The van der Waals surface area contributed by atoms with Crippen molar-refractivity contribution in [3.63, 3.8) is 0 Å². The van der Waals surface area contributed by atoms with E-state index in [0.717, 1.165) is 26.1 Å². The summed E-state index contributed by atoms with van der Waals surface area (Å²) in [6.45, 7) is 2.92. The Morgan fingerprint density at radius 3 is 2.64 bits per heavy atom. The maximum absolute atomic E-state index is 12.4. The zero-order valence-corrected chi connectivity index (χ0v) is 14.8. The maximum atomic E-state index is 12.4. The summed E-state index contributed by atoms with van der Waals surface area (Å²) in [5, 5.41) is 4.78. The quantitative estimate of drug-likeness (QED) is 0.838. The largest absolute Gasteiger partial charge is 0.471 e. The molecule has 2 N–H and O–H groups in total. The lowest BCUT2D eigenvalue weighted by Gasteiger charge is -2.22. The van der Waals surface area contributed by atoms with Gasteiger partial charge in [-0.05, 0) is 43.1 Å². The first-order valence-electron chi connectivity index (χ1n) is 8.91. The van der Waals surface area contributed by atoms with Crippen LogP contribution in [-0.4, -0.2) is 48.6 Å². The Balaban J connectivity index is 1.44. The first-order valence-corrected chi connectivity index (χ1v) is 8.91. The molecule has 6 nitrogen and oxygen atoms in total. The second-order valence-corrected chi connectivity index (χ2v) is 7.08. The van der Waals surface area contributed by atoms with Gasteiger partial charge >= 0.3 is 12.1 Å². The van der Waals surface area contributed by atoms with Gasteiger partial charge in [0.05, 0.1) is 0 Å². The molecular formula is C19H18F3N3O3. The number of hydrogen-bond donors (Lipinski definition) is 2. The average molecular weight is 393 g/mol. The van der Waals surface area contributed by atoms with Crippen LogP contribution in [0.25, 0.3) is 11.3 Å². The molecule has 28 heavy (non-hydrogen) atoms. The molecule has 3 heterocycles. The van der Waals surface area contributed by atoms with Crippen molar-refractivity contribution in [1.29, 1.82) is 0 Å². The Bertz CT molecular complexity index is 909. The first-order chi connectivity index (χ1) is 13.3. The van der Waals surface area contributed by atoms with E-state index in [4.69, 9.17) is 4.42 Å². The molecule has 2 aliphatic heterocycles. The molecule has 0 aliphatic carbocycles. The van der Waals surface area contributed by atoms with Crippen LogP contribution >= 0.6 is 0 Å². The van der Waals surface area contributed by atoms with Gasteiger partial charge in [-0.1, -0.05) is 12.1 Å². The number of nitrogens with one attached hydrogen (secondary N) is 2. The second-order valence-electron chi connectivity index (χ2n) is 7.08. The van der Waals surface area contributed by atoms with E-state index in [1.807, 2.05) is 0 Å². The zero-order chi connectivity index (χ0) is 19.9. The minimum atomic E-state index is -4.97. The van der Waals surface area contributed by atoms with Crippen molar-refractivity contribution in [2.24, 2.45) is 5.92 Å². The summed E-state index contributed by atoms with van der Waals surface area (Å²) in [6, 6.07) is 9.01. The smallest absolute Gasteiger partial charge is 0.451 e. The predicted molar refractivity (Wildman–Crippen MR) is 94.6 cm³/mol. The number of halogens is 3. The van der Waals surface area contributed by atoms with Crippen molar-refractivity contribution in [3.8, 4) is 11.3 Å². The van der Waals surface area contributed by atoms with Crippen LogP contribution in [0.1, 0.15) is 17.0 Å². The topological polar surface area (TPSA) is 74.6 Å². The number of fused-ring (bicyclic) bond motifs is 2. The van der Waals surface area contributed by atoms with E-state index in [1.165, 1.54) is 24.3 Å². The summed E-state index contributed by atoms with van der Waals surface area (Å²) >= 11 is 0. The van der Waals surface area contributed by atoms with Crippen molar-refractivity contribution >= 4 is 17.5 Å². The number of anilines is 1. The van der Waals surface area contributed by atoms with E-state index < -0.39 is 12.1 Å². The molecule has 2 aliphatic rings. The summed E-state index contributed by atoms with van der Waals surface area (Å²) in [5.74, 6) is -1.44. The number of amides is 2. The molecule has 148 valence electrons. The lowest BCUT2D eigenvalue weighted by atomic mass is 10.00. The van der Waals surface area contributed by atoms with Gasteiger partial charge < -0.3 is 20.0 Å². The standard InChI is InChI=1S/C19H18F3N3O3/c20-19(21,22)18(27)23-13-3-1-2-11(8-13)15-4-5-16(28-15)17(26)24-14-10-25-7-6-12(14)9-25/h1-5,8,12,14H,6-7,9-10H2,(H,23,27)(H,24,26)/t12-,14?/m0/s1. The Kier molecular flexibility index (Phi) is 4.62. The second kappa shape index (κ2) is 6.97. The molecule has 2 unspecified atom stereocenters. The Morgan fingerprint density at radius 2 is 1.96 bits per heavy atom. The van der Waals surface area contributed by atoms with Gasteiger partial charge in [0.25, 0.3) is 5.91 Å². The lowest BCUT2D eigenvalue weighted by Crippen LogP contribution is -2.43. The SMILES string of the molecule is O=C(NC1CN2CC[C@H]1C2)c1ccc(-c2cccc(NC(=O)C(F)(F)F)c2)o1. The van der Waals surface area contributed by atoms with Crippen molar-refractivity contribution in [3.05, 3.63) is 42.2 Å². The van der Waals surface area contributed by atoms with Crippen molar-refractivity contribution < 1.29 is 27.2 Å². The number of carbonyl (C=O) groups is 2. The highest BCUT2D eigenvalue weighted by Gasteiger charge is 2.39. The molecule has 1 aromatic heterocycles. The van der Waals surface area contributed by atoms with Crippen LogP contribution in [0.4, 0.5) is 18.9 Å². The molecule has 4 rings (SSSR count). The van der Waals surface area contributed by atoms with Crippen LogP contribution in [0.3, 0.4) is 0 Å². The number of nitrogens with zero attached hydrogens (tertiary/aromatic N) is 1. The number of hydrogen-bond acceptors (Lipinski definition) is 4. The van der Waals surface area contributed by atoms with E-state index in [0.29, 0.717) is 17.2 Å². The molecule has 2 fully saturated rings. The van der Waals surface area contributed by atoms with Crippen LogP contribution in [0.2, 0.25) is 0 Å². The van der Waals surface area contributed by atoms with Gasteiger partial charge in [0, 0.05) is 30.4 Å². The van der Waals surface area contributed by atoms with Gasteiger partial charge in [-0.3, -0.25) is 9.59 Å². The fourth-order valence-electron chi connectivity index (χ4n) is 3.75. The molecule has 2 amide bonds. The van der Waals surface area contributed by atoms with Crippen molar-refractivity contribution in [1.82, 2.24) is 10.2 Å². The van der Waals surface area contributed by atoms with E-state index in [1.54, 1.807) is 17.4 Å². The van der Waals surface area contributed by atoms with Crippen LogP contribution in [0.15, 0.2) is 40.8 Å². The van der Waals surface area contributed by atoms with Crippen molar-refractivity contribution in [2.45, 2.75) is 18.6 Å². The molecule has 0 spiro atoms. The average Bonchev–Trinajstić information content (AvgIpc) is 3.38. The van der Waals surface area contributed by atoms with Gasteiger partial charge in [0.1, 0.15) is 5.76 Å². The third-order valence-electron chi connectivity index (χ3n) is 5.14. The van der Waals surface area contributed by atoms with E-state index in [-0.39, 0.29) is 23.4 Å². The Labute approximate surface area is 158 Å². The van der Waals surface area contributed by atoms with E-state index >= 15 is 0 Å². The van der Waals surface area contributed by atoms with Gasteiger partial charge in [-0.2, -0.15) is 13.2 Å². The number of piperidine rings is 1. The normalized spacial score (nSPS) is 23.6. The number of benzene rings is 1. The molecule has 0 saturated carbocycles. The highest BCUT2D eigenvalue weighted by atomic mass is 19.4.